The molecule has 0 aliphatic carbocycles. The van der Waals surface area contributed by atoms with Gasteiger partial charge < -0.3 is 14.4 Å². The number of fused-ring (bicyclic) bond motifs is 1. The Labute approximate surface area is 145 Å². The molecule has 0 saturated carbocycles. The minimum Gasteiger partial charge on any atom is -0.497 e. The summed E-state index contributed by atoms with van der Waals surface area (Å²) in [6, 6.07) is 7.84. The van der Waals surface area contributed by atoms with Crippen molar-refractivity contribution >= 4 is 17.7 Å². The Morgan fingerprint density at radius 2 is 2.17 bits per heavy atom. The third-order valence-electron chi connectivity index (χ3n) is 4.32. The first-order valence-corrected chi connectivity index (χ1v) is 8.68. The second-order valence-electron chi connectivity index (χ2n) is 5.92. The molecule has 1 unspecified atom stereocenters. The van der Waals surface area contributed by atoms with Crippen molar-refractivity contribution in [3.63, 3.8) is 0 Å². The molecule has 1 fully saturated rings. The fourth-order valence-electron chi connectivity index (χ4n) is 3.11. The number of hydrogen-bond donors (Lipinski definition) is 1. The van der Waals surface area contributed by atoms with Gasteiger partial charge in [-0.2, -0.15) is 5.26 Å². The van der Waals surface area contributed by atoms with Crippen molar-refractivity contribution in [3.8, 4) is 17.6 Å². The van der Waals surface area contributed by atoms with Crippen LogP contribution in [-0.2, 0) is 4.79 Å². The first-order chi connectivity index (χ1) is 11.6. The summed E-state index contributed by atoms with van der Waals surface area (Å²) in [5.41, 5.74) is 1.50. The van der Waals surface area contributed by atoms with Gasteiger partial charge in [-0.05, 0) is 17.8 Å². The van der Waals surface area contributed by atoms with Crippen molar-refractivity contribution in [1.82, 2.24) is 4.90 Å². The first kappa shape index (κ1) is 16.7. The summed E-state index contributed by atoms with van der Waals surface area (Å²) in [4.78, 5) is 15.6. The van der Waals surface area contributed by atoms with E-state index in [2.05, 4.69) is 6.07 Å². The lowest BCUT2D eigenvalue weighted by molar-refractivity contribution is -0.876. The summed E-state index contributed by atoms with van der Waals surface area (Å²) in [5, 5.41) is 10.5. The molecule has 1 N–H and O–H groups in total. The quantitative estimate of drug-likeness (QED) is 0.882. The zero-order chi connectivity index (χ0) is 17.3. The molecule has 2 aliphatic rings. The van der Waals surface area contributed by atoms with E-state index < -0.39 is 0 Å². The van der Waals surface area contributed by atoms with Crippen LogP contribution >= 0.6 is 11.8 Å². The van der Waals surface area contributed by atoms with Gasteiger partial charge in [0, 0.05) is 24.0 Å². The van der Waals surface area contributed by atoms with Crippen molar-refractivity contribution in [3.05, 3.63) is 34.4 Å². The van der Waals surface area contributed by atoms with E-state index in [0.29, 0.717) is 23.7 Å². The summed E-state index contributed by atoms with van der Waals surface area (Å²) in [7, 11) is 5.22. The lowest BCUT2D eigenvalue weighted by Gasteiger charge is -2.38. The Balaban J connectivity index is 2.07. The zero-order valence-electron chi connectivity index (χ0n) is 14.0. The summed E-state index contributed by atoms with van der Waals surface area (Å²) in [5.74, 6) is 1.94. The van der Waals surface area contributed by atoms with Gasteiger partial charge in [0.25, 0.3) is 0 Å². The van der Waals surface area contributed by atoms with Crippen LogP contribution < -0.4 is 14.4 Å². The van der Waals surface area contributed by atoms with Crippen molar-refractivity contribution in [1.29, 1.82) is 5.26 Å². The van der Waals surface area contributed by atoms with Crippen LogP contribution in [0.2, 0.25) is 0 Å². The van der Waals surface area contributed by atoms with E-state index >= 15 is 0 Å². The number of methoxy groups -OCH3 is 2. The highest BCUT2D eigenvalue weighted by molar-refractivity contribution is 8.02. The van der Waals surface area contributed by atoms with Gasteiger partial charge >= 0.3 is 0 Å². The van der Waals surface area contributed by atoms with Crippen LogP contribution in [0.25, 0.3) is 0 Å². The molecule has 2 aliphatic heterocycles. The monoisotopic (exact) mass is 346 g/mol. The van der Waals surface area contributed by atoms with Crippen LogP contribution in [0.5, 0.6) is 11.5 Å². The molecule has 2 heterocycles. The number of amides is 1. The number of ether oxygens (including phenoxy) is 2. The molecule has 7 heteroatoms. The molecule has 0 spiro atoms. The van der Waals surface area contributed by atoms with E-state index in [1.165, 1.54) is 4.90 Å². The number of rotatable bonds is 3. The van der Waals surface area contributed by atoms with Gasteiger partial charge in [-0.25, -0.2) is 0 Å². The maximum Gasteiger partial charge on any atom is 0.232 e. The summed E-state index contributed by atoms with van der Waals surface area (Å²) in [6.07, 6.45) is 0.281. The highest BCUT2D eigenvalue weighted by atomic mass is 32.2. The predicted molar refractivity (Wildman–Crippen MR) is 90.6 cm³/mol. The minimum atomic E-state index is -0.277. The number of nitrogens with one attached hydrogen (secondary N) is 1. The van der Waals surface area contributed by atoms with Gasteiger partial charge in [0.05, 0.1) is 32.9 Å². The number of thioether (sulfide) groups is 1. The van der Waals surface area contributed by atoms with Gasteiger partial charge in [-0.3, -0.25) is 9.69 Å². The van der Waals surface area contributed by atoms with Gasteiger partial charge in [0.15, 0.2) is 6.67 Å². The highest BCUT2D eigenvalue weighted by Crippen LogP contribution is 2.43. The second kappa shape index (κ2) is 6.75. The number of carbonyl (C=O) groups is 1. The molecule has 6 nitrogen and oxygen atoms in total. The average Bonchev–Trinajstić information content (AvgIpc) is 2.61. The van der Waals surface area contributed by atoms with Crippen LogP contribution in [0.4, 0.5) is 0 Å². The fraction of sp³-hybridized carbons (Fsp3) is 0.412. The zero-order valence-corrected chi connectivity index (χ0v) is 14.8. The molecule has 0 aromatic heterocycles. The SMILES string of the molecule is COc1ccc([C@H]2CC(=O)N3C[NH+](C)CSC3=C2C#N)c(OC)c1. The number of nitriles is 1. The van der Waals surface area contributed by atoms with Crippen LogP contribution in [0.3, 0.4) is 0 Å². The number of quaternary nitrogens is 1. The molecule has 3 rings (SSSR count). The highest BCUT2D eigenvalue weighted by Gasteiger charge is 2.39. The Morgan fingerprint density at radius 1 is 1.38 bits per heavy atom. The maximum absolute atomic E-state index is 12.6. The second-order valence-corrected chi connectivity index (χ2v) is 6.88. The van der Waals surface area contributed by atoms with E-state index in [9.17, 15) is 10.1 Å². The van der Waals surface area contributed by atoms with Crippen molar-refractivity contribution in [2.24, 2.45) is 0 Å². The molecule has 0 radical (unpaired) electrons. The van der Waals surface area contributed by atoms with Gasteiger partial charge in [-0.1, -0.05) is 6.07 Å². The van der Waals surface area contributed by atoms with E-state index in [1.54, 1.807) is 36.9 Å². The largest absolute Gasteiger partial charge is 0.497 e. The molecule has 0 bridgehead atoms. The van der Waals surface area contributed by atoms with E-state index in [0.717, 1.165) is 16.5 Å². The van der Waals surface area contributed by atoms with Crippen LogP contribution in [-0.4, -0.2) is 44.6 Å². The lowest BCUT2D eigenvalue weighted by atomic mass is 9.86. The molecule has 1 aromatic carbocycles. The van der Waals surface area contributed by atoms with Gasteiger partial charge in [0.1, 0.15) is 22.4 Å². The summed E-state index contributed by atoms with van der Waals surface area (Å²) >= 11 is 1.57. The smallest absolute Gasteiger partial charge is 0.232 e. The number of nitrogens with zero attached hydrogens (tertiary/aromatic N) is 2. The lowest BCUT2D eigenvalue weighted by Crippen LogP contribution is -3.11. The summed E-state index contributed by atoms with van der Waals surface area (Å²) < 4.78 is 10.7. The third-order valence-corrected chi connectivity index (χ3v) is 5.67. The molecular weight excluding hydrogens is 326 g/mol. The minimum absolute atomic E-state index is 0.0541. The van der Waals surface area contributed by atoms with Gasteiger partial charge in [-0.15, -0.1) is 0 Å². The predicted octanol–water partition coefficient (Wildman–Crippen LogP) is 0.931. The Kier molecular flexibility index (Phi) is 4.69. The number of carbonyl (C=O) groups excluding carboxylic acids is 1. The number of benzene rings is 1. The Hall–Kier alpha value is -2.17. The Bertz CT molecular complexity index is 741. The maximum atomic E-state index is 12.6. The molecular formula is C17H20N3O3S+. The van der Waals surface area contributed by atoms with Crippen LogP contribution in [0, 0.1) is 11.3 Å². The molecule has 1 saturated heterocycles. The molecule has 2 atom stereocenters. The van der Waals surface area contributed by atoms with E-state index in [-0.39, 0.29) is 18.2 Å². The Morgan fingerprint density at radius 3 is 2.83 bits per heavy atom. The standard InChI is InChI=1S/C17H19N3O3S/c1-19-9-20-16(21)7-13(14(8-18)17(20)24-10-19)12-5-4-11(22-2)6-15(12)23-3/h4-6,13H,7,9-10H2,1-3H3/p+1/t13-/m1/s1. The molecule has 126 valence electrons. The van der Waals surface area contributed by atoms with Crippen molar-refractivity contribution in [2.45, 2.75) is 12.3 Å². The molecule has 24 heavy (non-hydrogen) atoms. The summed E-state index contributed by atoms with van der Waals surface area (Å²) in [6.45, 7) is 0.610. The third kappa shape index (κ3) is 2.83. The first-order valence-electron chi connectivity index (χ1n) is 7.69. The molecule has 1 aromatic rings. The fourth-order valence-corrected chi connectivity index (χ4v) is 4.25. The van der Waals surface area contributed by atoms with E-state index in [1.807, 2.05) is 19.2 Å². The topological polar surface area (TPSA) is 67.0 Å². The number of hydrogen-bond acceptors (Lipinski definition) is 5. The van der Waals surface area contributed by atoms with Gasteiger partial charge in [0.2, 0.25) is 5.91 Å². The van der Waals surface area contributed by atoms with Crippen molar-refractivity contribution in [2.75, 3.05) is 33.8 Å². The van der Waals surface area contributed by atoms with E-state index in [4.69, 9.17) is 9.47 Å². The number of allylic oxidation sites excluding steroid dienone is 1. The molecule has 1 amide bonds. The van der Waals surface area contributed by atoms with Crippen LogP contribution in [0.15, 0.2) is 28.8 Å². The van der Waals surface area contributed by atoms with Crippen molar-refractivity contribution < 1.29 is 19.2 Å². The normalized spacial score (nSPS) is 23.6. The van der Waals surface area contributed by atoms with Crippen LogP contribution in [0.1, 0.15) is 17.9 Å². The average molecular weight is 346 g/mol.